The zero-order valence-electron chi connectivity index (χ0n) is 13.9. The summed E-state index contributed by atoms with van der Waals surface area (Å²) in [6, 6.07) is 27.8. The lowest BCUT2D eigenvalue weighted by Crippen LogP contribution is -2.44. The fourth-order valence-corrected chi connectivity index (χ4v) is 3.32. The molecule has 0 aromatic heterocycles. The van der Waals surface area contributed by atoms with Crippen LogP contribution in [0.15, 0.2) is 91.0 Å². The normalized spacial score (nSPS) is 12.4. The number of carbonyl (C=O) groups is 1. The predicted octanol–water partition coefficient (Wildman–Crippen LogP) is 4.53. The van der Waals surface area contributed by atoms with E-state index < -0.39 is 17.6 Å². The van der Waals surface area contributed by atoms with Crippen LogP contribution in [0.2, 0.25) is 0 Å². The Bertz CT molecular complexity index is 720. The molecular weight excluding hydrogens is 315 g/mol. The van der Waals surface area contributed by atoms with Crippen molar-refractivity contribution in [2.45, 2.75) is 11.6 Å². The highest BCUT2D eigenvalue weighted by Crippen LogP contribution is 2.43. The van der Waals surface area contributed by atoms with E-state index in [1.165, 1.54) is 7.11 Å². The van der Waals surface area contributed by atoms with E-state index in [-0.39, 0.29) is 0 Å². The molecule has 1 atom stereocenters. The molecule has 0 heterocycles. The number of benzene rings is 3. The number of carbonyl (C=O) groups excluding carboxylic acids is 1. The minimum atomic E-state index is -1.88. The van der Waals surface area contributed by atoms with E-state index in [2.05, 4.69) is 0 Å². The minimum Gasteiger partial charge on any atom is -0.467 e. The number of hydrogen-bond acceptors (Lipinski definition) is 2. The standard InChI is InChI=1S/C22H19FO2/c1-25-21(24)20(23)22(17-11-5-2-6-12-17,18-13-7-3-8-14-18)19-15-9-4-10-16-19/h2-16,20H,1H3. The minimum absolute atomic E-state index is 0.699. The van der Waals surface area contributed by atoms with E-state index in [0.717, 1.165) is 0 Å². The summed E-state index contributed by atoms with van der Waals surface area (Å²) in [5.74, 6) is -0.892. The molecule has 1 unspecified atom stereocenters. The molecule has 0 saturated carbocycles. The maximum absolute atomic E-state index is 15.7. The van der Waals surface area contributed by atoms with Gasteiger partial charge in [-0.1, -0.05) is 91.0 Å². The van der Waals surface area contributed by atoms with Crippen molar-refractivity contribution < 1.29 is 13.9 Å². The van der Waals surface area contributed by atoms with Crippen LogP contribution in [0, 0.1) is 0 Å². The van der Waals surface area contributed by atoms with E-state index in [1.54, 1.807) is 0 Å². The SMILES string of the molecule is COC(=O)C(F)C(c1ccccc1)(c1ccccc1)c1ccccc1. The molecule has 0 saturated heterocycles. The smallest absolute Gasteiger partial charge is 0.342 e. The van der Waals surface area contributed by atoms with Crippen LogP contribution in [0.1, 0.15) is 16.7 Å². The third-order valence-electron chi connectivity index (χ3n) is 4.48. The topological polar surface area (TPSA) is 26.3 Å². The lowest BCUT2D eigenvalue weighted by molar-refractivity contribution is -0.148. The van der Waals surface area contributed by atoms with Gasteiger partial charge in [-0.25, -0.2) is 9.18 Å². The van der Waals surface area contributed by atoms with Gasteiger partial charge in [0.2, 0.25) is 6.17 Å². The van der Waals surface area contributed by atoms with Crippen molar-refractivity contribution in [3.63, 3.8) is 0 Å². The molecule has 2 nitrogen and oxygen atoms in total. The van der Waals surface area contributed by atoms with Gasteiger partial charge in [0.15, 0.2) is 0 Å². The summed E-state index contributed by atoms with van der Waals surface area (Å²) in [4.78, 5) is 12.3. The number of methoxy groups -OCH3 is 1. The number of hydrogen-bond donors (Lipinski definition) is 0. The van der Waals surface area contributed by atoms with Crippen LogP contribution in [0.4, 0.5) is 4.39 Å². The van der Waals surface area contributed by atoms with Crippen molar-refractivity contribution in [1.29, 1.82) is 0 Å². The summed E-state index contributed by atoms with van der Waals surface area (Å²) in [6.07, 6.45) is -1.88. The van der Waals surface area contributed by atoms with Crippen LogP contribution in [-0.4, -0.2) is 19.3 Å². The van der Waals surface area contributed by atoms with Crippen molar-refractivity contribution in [2.24, 2.45) is 0 Å². The Kier molecular flexibility index (Phi) is 4.94. The average Bonchev–Trinajstić information content (AvgIpc) is 2.70. The Morgan fingerprint density at radius 1 is 0.760 bits per heavy atom. The molecule has 126 valence electrons. The Morgan fingerprint density at radius 2 is 1.08 bits per heavy atom. The second-order valence-electron chi connectivity index (χ2n) is 5.79. The summed E-state index contributed by atoms with van der Waals surface area (Å²) >= 11 is 0. The Labute approximate surface area is 146 Å². The molecule has 3 aromatic rings. The molecule has 0 aliphatic rings. The monoisotopic (exact) mass is 334 g/mol. The maximum atomic E-state index is 15.7. The van der Waals surface area contributed by atoms with E-state index in [4.69, 9.17) is 4.74 Å². The first-order chi connectivity index (χ1) is 12.2. The number of ether oxygens (including phenoxy) is 1. The molecule has 0 aliphatic heterocycles. The van der Waals surface area contributed by atoms with Gasteiger partial charge in [-0.15, -0.1) is 0 Å². The van der Waals surface area contributed by atoms with Crippen LogP contribution in [-0.2, 0) is 14.9 Å². The van der Waals surface area contributed by atoms with Crippen LogP contribution < -0.4 is 0 Å². The van der Waals surface area contributed by atoms with Crippen LogP contribution in [0.5, 0.6) is 0 Å². The van der Waals surface area contributed by atoms with Gasteiger partial charge in [-0.2, -0.15) is 0 Å². The molecule has 3 aromatic carbocycles. The van der Waals surface area contributed by atoms with Gasteiger partial charge in [0.05, 0.1) is 12.5 Å². The molecule has 0 bridgehead atoms. The molecule has 0 fully saturated rings. The first-order valence-corrected chi connectivity index (χ1v) is 8.09. The number of halogens is 1. The van der Waals surface area contributed by atoms with Crippen molar-refractivity contribution in [3.05, 3.63) is 108 Å². The van der Waals surface area contributed by atoms with E-state index in [9.17, 15) is 4.79 Å². The molecule has 0 aliphatic carbocycles. The van der Waals surface area contributed by atoms with Crippen LogP contribution >= 0.6 is 0 Å². The number of alkyl halides is 1. The van der Waals surface area contributed by atoms with Gasteiger partial charge in [0, 0.05) is 0 Å². The van der Waals surface area contributed by atoms with Gasteiger partial charge in [0.1, 0.15) is 0 Å². The van der Waals surface area contributed by atoms with Crippen molar-refractivity contribution in [1.82, 2.24) is 0 Å². The van der Waals surface area contributed by atoms with E-state index >= 15 is 4.39 Å². The fourth-order valence-electron chi connectivity index (χ4n) is 3.32. The van der Waals surface area contributed by atoms with Gasteiger partial charge in [-0.3, -0.25) is 0 Å². The highest BCUT2D eigenvalue weighted by molar-refractivity contribution is 5.80. The number of esters is 1. The van der Waals surface area contributed by atoms with Gasteiger partial charge >= 0.3 is 5.97 Å². The highest BCUT2D eigenvalue weighted by atomic mass is 19.1. The Morgan fingerprint density at radius 3 is 1.36 bits per heavy atom. The molecule has 0 radical (unpaired) electrons. The molecule has 3 rings (SSSR count). The van der Waals surface area contributed by atoms with Crippen LogP contribution in [0.25, 0.3) is 0 Å². The predicted molar refractivity (Wildman–Crippen MR) is 96.1 cm³/mol. The summed E-state index contributed by atoms with van der Waals surface area (Å²) in [5, 5.41) is 0. The second-order valence-corrected chi connectivity index (χ2v) is 5.79. The Balaban J connectivity index is 2.38. The molecule has 0 spiro atoms. The lowest BCUT2D eigenvalue weighted by atomic mass is 9.66. The third-order valence-corrected chi connectivity index (χ3v) is 4.48. The van der Waals surface area contributed by atoms with E-state index in [1.807, 2.05) is 91.0 Å². The van der Waals surface area contributed by atoms with Gasteiger partial charge in [-0.05, 0) is 16.7 Å². The second kappa shape index (κ2) is 7.31. The van der Waals surface area contributed by atoms with Crippen molar-refractivity contribution >= 4 is 5.97 Å². The van der Waals surface area contributed by atoms with Crippen molar-refractivity contribution in [2.75, 3.05) is 7.11 Å². The van der Waals surface area contributed by atoms with E-state index in [0.29, 0.717) is 16.7 Å². The summed E-state index contributed by atoms with van der Waals surface area (Å²) < 4.78 is 20.5. The third kappa shape index (κ3) is 2.93. The summed E-state index contributed by atoms with van der Waals surface area (Å²) in [6.45, 7) is 0. The lowest BCUT2D eigenvalue weighted by Gasteiger charge is -2.37. The molecule has 25 heavy (non-hydrogen) atoms. The Hall–Kier alpha value is -2.94. The fraction of sp³-hybridized carbons (Fsp3) is 0.136. The first kappa shape index (κ1) is 16.9. The van der Waals surface area contributed by atoms with Crippen LogP contribution in [0.3, 0.4) is 0 Å². The highest BCUT2D eigenvalue weighted by Gasteiger charge is 2.48. The molecule has 3 heteroatoms. The van der Waals surface area contributed by atoms with Gasteiger partial charge in [0.25, 0.3) is 0 Å². The largest absolute Gasteiger partial charge is 0.467 e. The number of rotatable bonds is 5. The quantitative estimate of drug-likeness (QED) is 0.506. The summed E-state index contributed by atoms with van der Waals surface area (Å²) in [7, 11) is 1.21. The van der Waals surface area contributed by atoms with Crippen molar-refractivity contribution in [3.8, 4) is 0 Å². The molecule has 0 amide bonds. The zero-order chi connectivity index (χ0) is 17.7. The molecular formula is C22H19FO2. The maximum Gasteiger partial charge on any atom is 0.342 e. The first-order valence-electron chi connectivity index (χ1n) is 8.09. The summed E-state index contributed by atoms with van der Waals surface area (Å²) in [5.41, 5.74) is 0.817. The average molecular weight is 334 g/mol. The zero-order valence-corrected chi connectivity index (χ0v) is 13.9. The molecule has 0 N–H and O–H groups in total. The van der Waals surface area contributed by atoms with Gasteiger partial charge < -0.3 is 4.74 Å².